The van der Waals surface area contributed by atoms with Crippen LogP contribution in [0.25, 0.3) is 0 Å². The Hall–Kier alpha value is -1.16. The first-order valence-corrected chi connectivity index (χ1v) is 5.48. The minimum absolute atomic E-state index is 0.169. The fourth-order valence-electron chi connectivity index (χ4n) is 2.19. The lowest BCUT2D eigenvalue weighted by Gasteiger charge is -2.22. The maximum absolute atomic E-state index is 5.79. The maximum atomic E-state index is 5.79. The molecule has 2 N–H and O–H groups in total. The van der Waals surface area contributed by atoms with Crippen LogP contribution in [0.2, 0.25) is 0 Å². The van der Waals surface area contributed by atoms with Gasteiger partial charge < -0.3 is 10.6 Å². The number of hydrogen-bond donors (Lipinski definition) is 1. The molecule has 0 aliphatic heterocycles. The van der Waals surface area contributed by atoms with E-state index >= 15 is 0 Å². The predicted molar refractivity (Wildman–Crippen MR) is 61.0 cm³/mol. The number of nitrogens with two attached hydrogens (primary N) is 1. The minimum Gasteiger partial charge on any atom is -0.358 e. The zero-order chi connectivity index (χ0) is 10.8. The molecule has 1 aromatic rings. The van der Waals surface area contributed by atoms with Gasteiger partial charge in [0.15, 0.2) is 0 Å². The van der Waals surface area contributed by atoms with Crippen LogP contribution in [0.15, 0.2) is 6.33 Å². The van der Waals surface area contributed by atoms with Crippen LogP contribution in [0, 0.1) is 0 Å². The highest BCUT2D eigenvalue weighted by atomic mass is 15.2. The Morgan fingerprint density at radius 1 is 1.47 bits per heavy atom. The molecular formula is C11H18N4. The van der Waals surface area contributed by atoms with Crippen molar-refractivity contribution in [3.8, 4) is 0 Å². The first kappa shape index (κ1) is 10.4. The summed E-state index contributed by atoms with van der Waals surface area (Å²) < 4.78 is 0. The van der Waals surface area contributed by atoms with E-state index in [1.807, 2.05) is 14.0 Å². The molecule has 0 saturated carbocycles. The minimum atomic E-state index is 0.169. The van der Waals surface area contributed by atoms with Gasteiger partial charge in [-0.2, -0.15) is 0 Å². The highest BCUT2D eigenvalue weighted by Gasteiger charge is 2.19. The number of aromatic nitrogens is 2. The van der Waals surface area contributed by atoms with Crippen LogP contribution in [-0.4, -0.2) is 29.6 Å². The molecule has 1 heterocycles. The average molecular weight is 206 g/mol. The van der Waals surface area contributed by atoms with Crippen LogP contribution in [0.1, 0.15) is 24.6 Å². The number of fused-ring (bicyclic) bond motifs is 1. The van der Waals surface area contributed by atoms with Crippen LogP contribution in [-0.2, 0) is 12.8 Å². The largest absolute Gasteiger partial charge is 0.358 e. The molecule has 0 spiro atoms. The molecule has 1 unspecified atom stereocenters. The molecular weight excluding hydrogens is 188 g/mol. The smallest absolute Gasteiger partial charge is 0.135 e. The van der Waals surface area contributed by atoms with Gasteiger partial charge in [-0.15, -0.1) is 0 Å². The first-order valence-electron chi connectivity index (χ1n) is 5.48. The molecule has 0 aromatic carbocycles. The van der Waals surface area contributed by atoms with Gasteiger partial charge in [0.2, 0.25) is 0 Å². The van der Waals surface area contributed by atoms with Gasteiger partial charge in [0.25, 0.3) is 0 Å². The van der Waals surface area contributed by atoms with Crippen LogP contribution in [0.5, 0.6) is 0 Å². The van der Waals surface area contributed by atoms with Gasteiger partial charge in [0.1, 0.15) is 12.1 Å². The molecule has 0 amide bonds. The fourth-order valence-corrected chi connectivity index (χ4v) is 2.19. The van der Waals surface area contributed by atoms with Gasteiger partial charge in [0.05, 0.1) is 0 Å². The number of hydrogen-bond acceptors (Lipinski definition) is 4. The van der Waals surface area contributed by atoms with Crippen molar-refractivity contribution in [2.24, 2.45) is 5.73 Å². The molecule has 0 saturated heterocycles. The van der Waals surface area contributed by atoms with Gasteiger partial charge in [-0.3, -0.25) is 0 Å². The Balaban J connectivity index is 2.24. The molecule has 0 bridgehead atoms. The normalized spacial score (nSPS) is 16.2. The maximum Gasteiger partial charge on any atom is 0.135 e. The van der Waals surface area contributed by atoms with Crippen LogP contribution in [0.4, 0.5) is 5.82 Å². The van der Waals surface area contributed by atoms with E-state index in [4.69, 9.17) is 5.73 Å². The summed E-state index contributed by atoms with van der Waals surface area (Å²) in [6.45, 7) is 2.85. The lowest BCUT2D eigenvalue weighted by atomic mass is 10.2. The molecule has 4 nitrogen and oxygen atoms in total. The summed E-state index contributed by atoms with van der Waals surface area (Å²) in [6, 6.07) is 0.169. The quantitative estimate of drug-likeness (QED) is 0.793. The number of nitrogens with zero attached hydrogens (tertiary/aromatic N) is 3. The second kappa shape index (κ2) is 4.14. The van der Waals surface area contributed by atoms with E-state index < -0.39 is 0 Å². The zero-order valence-corrected chi connectivity index (χ0v) is 9.40. The van der Waals surface area contributed by atoms with E-state index in [1.165, 1.54) is 17.7 Å². The predicted octanol–water partition coefficient (Wildman–Crippen LogP) is 0.749. The van der Waals surface area contributed by atoms with Crippen molar-refractivity contribution in [3.63, 3.8) is 0 Å². The van der Waals surface area contributed by atoms with Crippen LogP contribution in [0.3, 0.4) is 0 Å². The van der Waals surface area contributed by atoms with Gasteiger partial charge >= 0.3 is 0 Å². The standard InChI is InChI=1S/C11H18N4/c1-8(12)6-15(2)11-9-4-3-5-10(9)13-7-14-11/h7-8H,3-6,12H2,1-2H3. The van der Waals surface area contributed by atoms with Crippen molar-refractivity contribution in [3.05, 3.63) is 17.6 Å². The summed E-state index contributed by atoms with van der Waals surface area (Å²) in [5.41, 5.74) is 8.33. The number of rotatable bonds is 3. The SMILES string of the molecule is CC(N)CN(C)c1ncnc2c1CCC2. The number of aryl methyl sites for hydroxylation is 1. The van der Waals surface area contributed by atoms with Crippen molar-refractivity contribution in [2.45, 2.75) is 32.2 Å². The van der Waals surface area contributed by atoms with E-state index in [0.717, 1.165) is 25.2 Å². The average Bonchev–Trinajstić information content (AvgIpc) is 2.63. The number of likely N-dealkylation sites (N-methyl/N-ethyl adjacent to an activating group) is 1. The van der Waals surface area contributed by atoms with E-state index in [0.29, 0.717) is 0 Å². The fraction of sp³-hybridized carbons (Fsp3) is 0.636. The highest BCUT2D eigenvalue weighted by molar-refractivity contribution is 5.49. The Morgan fingerprint density at radius 2 is 2.27 bits per heavy atom. The molecule has 1 atom stereocenters. The summed E-state index contributed by atoms with van der Waals surface area (Å²) in [5, 5.41) is 0. The monoisotopic (exact) mass is 206 g/mol. The van der Waals surface area contributed by atoms with Crippen molar-refractivity contribution in [2.75, 3.05) is 18.5 Å². The molecule has 2 rings (SSSR count). The van der Waals surface area contributed by atoms with E-state index in [9.17, 15) is 0 Å². The van der Waals surface area contributed by atoms with Gasteiger partial charge in [-0.05, 0) is 26.2 Å². The highest BCUT2D eigenvalue weighted by Crippen LogP contribution is 2.26. The zero-order valence-electron chi connectivity index (χ0n) is 9.40. The molecule has 15 heavy (non-hydrogen) atoms. The lowest BCUT2D eigenvalue weighted by molar-refractivity contribution is 0.708. The van der Waals surface area contributed by atoms with Crippen molar-refractivity contribution < 1.29 is 0 Å². The third-order valence-electron chi connectivity index (χ3n) is 2.78. The van der Waals surface area contributed by atoms with Crippen molar-refractivity contribution in [1.82, 2.24) is 9.97 Å². The summed E-state index contributed by atoms with van der Waals surface area (Å²) in [7, 11) is 2.05. The number of anilines is 1. The summed E-state index contributed by atoms with van der Waals surface area (Å²) >= 11 is 0. The molecule has 0 radical (unpaired) electrons. The Morgan fingerprint density at radius 3 is 3.00 bits per heavy atom. The second-order valence-electron chi connectivity index (χ2n) is 4.33. The summed E-state index contributed by atoms with van der Waals surface area (Å²) in [5.74, 6) is 1.06. The first-order chi connectivity index (χ1) is 7.18. The molecule has 82 valence electrons. The molecule has 0 fully saturated rings. The molecule has 1 aliphatic carbocycles. The topological polar surface area (TPSA) is 55.0 Å². The van der Waals surface area contributed by atoms with Crippen LogP contribution >= 0.6 is 0 Å². The second-order valence-corrected chi connectivity index (χ2v) is 4.33. The summed E-state index contributed by atoms with van der Waals surface area (Å²) in [6.07, 6.45) is 5.07. The van der Waals surface area contributed by atoms with Crippen molar-refractivity contribution in [1.29, 1.82) is 0 Å². The Kier molecular flexibility index (Phi) is 2.86. The van der Waals surface area contributed by atoms with Gasteiger partial charge in [-0.1, -0.05) is 0 Å². The molecule has 4 heteroatoms. The van der Waals surface area contributed by atoms with Gasteiger partial charge in [-0.25, -0.2) is 9.97 Å². The van der Waals surface area contributed by atoms with E-state index in [-0.39, 0.29) is 6.04 Å². The van der Waals surface area contributed by atoms with Crippen LogP contribution < -0.4 is 10.6 Å². The summed E-state index contributed by atoms with van der Waals surface area (Å²) in [4.78, 5) is 10.8. The van der Waals surface area contributed by atoms with Crippen molar-refractivity contribution >= 4 is 5.82 Å². The molecule has 1 aliphatic rings. The lowest BCUT2D eigenvalue weighted by Crippen LogP contribution is -2.33. The van der Waals surface area contributed by atoms with E-state index in [1.54, 1.807) is 6.33 Å². The molecule has 1 aromatic heterocycles. The third kappa shape index (κ3) is 2.09. The van der Waals surface area contributed by atoms with E-state index in [2.05, 4.69) is 14.9 Å². The Bertz CT molecular complexity index is 348. The third-order valence-corrected chi connectivity index (χ3v) is 2.78. The Labute approximate surface area is 90.5 Å². The van der Waals surface area contributed by atoms with Gasteiger partial charge in [0, 0.05) is 30.9 Å².